The number of fused-ring (bicyclic) bond motifs is 1. The maximum Gasteiger partial charge on any atom is 0.368 e. The Hall–Kier alpha value is -1.42. The summed E-state index contributed by atoms with van der Waals surface area (Å²) in [4.78, 5) is 21.3. The van der Waals surface area contributed by atoms with E-state index in [1.807, 2.05) is 0 Å². The lowest BCUT2D eigenvalue weighted by atomic mass is 10.1. The molecule has 1 fully saturated rings. The normalized spacial score (nSPS) is 18.6. The Bertz CT molecular complexity index is 591. The van der Waals surface area contributed by atoms with Gasteiger partial charge in [0, 0.05) is 13.1 Å². The van der Waals surface area contributed by atoms with Crippen molar-refractivity contribution in [2.24, 2.45) is 9.98 Å². The quantitative estimate of drug-likeness (QED) is 0.761. The molecule has 3 rings (SSSR count). The molecule has 0 saturated carbocycles. The molecule has 4 nitrogen and oxygen atoms in total. The number of hydrogen-bond acceptors (Lipinski definition) is 2. The van der Waals surface area contributed by atoms with E-state index in [-0.39, 0.29) is 0 Å². The fourth-order valence-electron chi connectivity index (χ4n) is 2.39. The van der Waals surface area contributed by atoms with Gasteiger partial charge in [-0.1, -0.05) is 11.6 Å². The Morgan fingerprint density at radius 3 is 2.65 bits per heavy atom. The van der Waals surface area contributed by atoms with Gasteiger partial charge in [0.25, 0.3) is 0 Å². The molecule has 17 heavy (non-hydrogen) atoms. The number of rotatable bonds is 1. The minimum Gasteiger partial charge on any atom is -0.369 e. The number of carbonyl (C=O) groups excluding carboxylic acids is 1. The highest BCUT2D eigenvalue weighted by molar-refractivity contribution is 6.33. The first-order valence-electron chi connectivity index (χ1n) is 5.80. The van der Waals surface area contributed by atoms with Crippen LogP contribution in [0.1, 0.15) is 19.3 Å². The second-order valence-electron chi connectivity index (χ2n) is 4.32. The number of benzene rings is 1. The molecule has 0 aromatic heterocycles. The van der Waals surface area contributed by atoms with E-state index >= 15 is 0 Å². The summed E-state index contributed by atoms with van der Waals surface area (Å²) in [5.74, 6) is 0. The van der Waals surface area contributed by atoms with Gasteiger partial charge in [0.1, 0.15) is 5.36 Å². The number of nitrogens with zero attached hydrogens (tertiary/aromatic N) is 3. The zero-order valence-electron chi connectivity index (χ0n) is 9.32. The summed E-state index contributed by atoms with van der Waals surface area (Å²) in [5.41, 5.74) is 0.874. The van der Waals surface area contributed by atoms with E-state index in [1.54, 1.807) is 12.1 Å². The zero-order chi connectivity index (χ0) is 11.8. The number of halogens is 1. The van der Waals surface area contributed by atoms with Gasteiger partial charge in [0.2, 0.25) is 0 Å². The van der Waals surface area contributed by atoms with Crippen LogP contribution in [0.2, 0.25) is 5.02 Å². The summed E-state index contributed by atoms with van der Waals surface area (Å²) in [5, 5.41) is 1.93. The average molecular weight is 250 g/mol. The molecular formula is C12H12ClN3O. The standard InChI is InChI=1S/C12H12ClN3O/c13-8-4-5-9-10(15-12(17)14-9)11(8)16-6-2-1-3-7-16/h4-5H,1-3,6-7H2. The molecular weight excluding hydrogens is 238 g/mol. The van der Waals surface area contributed by atoms with Crippen molar-refractivity contribution in [2.75, 3.05) is 18.0 Å². The van der Waals surface area contributed by atoms with E-state index in [9.17, 15) is 4.79 Å². The number of carbonyl (C=O) groups is 1. The molecule has 1 aromatic carbocycles. The molecule has 0 N–H and O–H groups in total. The highest BCUT2D eigenvalue weighted by Crippen LogP contribution is 2.23. The van der Waals surface area contributed by atoms with Gasteiger partial charge in [0.15, 0.2) is 0 Å². The number of amides is 2. The predicted octanol–water partition coefficient (Wildman–Crippen LogP) is 1.70. The van der Waals surface area contributed by atoms with Gasteiger partial charge in [-0.05, 0) is 31.4 Å². The molecule has 0 aliphatic carbocycles. The van der Waals surface area contributed by atoms with Crippen LogP contribution in [0.5, 0.6) is 0 Å². The number of piperidine rings is 1. The monoisotopic (exact) mass is 249 g/mol. The van der Waals surface area contributed by atoms with Crippen molar-refractivity contribution in [3.8, 4) is 0 Å². The van der Waals surface area contributed by atoms with Crippen LogP contribution in [0.4, 0.5) is 10.5 Å². The molecule has 88 valence electrons. The van der Waals surface area contributed by atoms with Crippen LogP contribution in [0.3, 0.4) is 0 Å². The summed E-state index contributed by atoms with van der Waals surface area (Å²) in [6, 6.07) is 3.11. The fraction of sp³-hybridized carbons (Fsp3) is 0.417. The van der Waals surface area contributed by atoms with Crippen LogP contribution >= 0.6 is 11.6 Å². The van der Waals surface area contributed by atoms with Gasteiger partial charge in [0.05, 0.1) is 16.1 Å². The third-order valence-corrected chi connectivity index (χ3v) is 3.48. The minimum absolute atomic E-state index is 0.430. The van der Waals surface area contributed by atoms with E-state index in [0.717, 1.165) is 31.6 Å². The fourth-order valence-corrected chi connectivity index (χ4v) is 2.66. The molecule has 2 amide bonds. The zero-order valence-corrected chi connectivity index (χ0v) is 10.1. The molecule has 0 spiro atoms. The van der Waals surface area contributed by atoms with Gasteiger partial charge in [-0.15, -0.1) is 0 Å². The predicted molar refractivity (Wildman–Crippen MR) is 65.2 cm³/mol. The largest absolute Gasteiger partial charge is 0.369 e. The molecule has 2 aliphatic rings. The van der Waals surface area contributed by atoms with Crippen molar-refractivity contribution in [3.63, 3.8) is 0 Å². The van der Waals surface area contributed by atoms with E-state index in [1.165, 1.54) is 6.42 Å². The highest BCUT2D eigenvalue weighted by Gasteiger charge is 2.19. The lowest BCUT2D eigenvalue weighted by Gasteiger charge is -2.29. The van der Waals surface area contributed by atoms with Gasteiger partial charge in [-0.2, -0.15) is 9.98 Å². The minimum atomic E-state index is -0.430. The lowest BCUT2D eigenvalue weighted by Crippen LogP contribution is -2.37. The Morgan fingerprint density at radius 2 is 1.88 bits per heavy atom. The van der Waals surface area contributed by atoms with Gasteiger partial charge in [-0.3, -0.25) is 0 Å². The smallest absolute Gasteiger partial charge is 0.368 e. The lowest BCUT2D eigenvalue weighted by molar-refractivity contribution is 0.256. The maximum absolute atomic E-state index is 11.3. The van der Waals surface area contributed by atoms with Crippen LogP contribution in [-0.2, 0) is 0 Å². The topological polar surface area (TPSA) is 45.0 Å². The van der Waals surface area contributed by atoms with Crippen molar-refractivity contribution < 1.29 is 4.79 Å². The second-order valence-corrected chi connectivity index (χ2v) is 4.72. The summed E-state index contributed by atoms with van der Waals surface area (Å²) >= 11 is 6.23. The third kappa shape index (κ3) is 1.82. The van der Waals surface area contributed by atoms with Crippen LogP contribution < -0.4 is 15.6 Å². The molecule has 0 atom stereocenters. The third-order valence-electron chi connectivity index (χ3n) is 3.18. The first kappa shape index (κ1) is 10.7. The molecule has 0 radical (unpaired) electrons. The first-order valence-corrected chi connectivity index (χ1v) is 6.18. The molecule has 1 aromatic rings. The molecule has 1 saturated heterocycles. The van der Waals surface area contributed by atoms with Crippen molar-refractivity contribution in [3.05, 3.63) is 27.9 Å². The SMILES string of the molecule is O=C1N=c2ccc(Cl)c(N3CCCCC3)c2=N1. The summed E-state index contributed by atoms with van der Waals surface area (Å²) < 4.78 is 0. The van der Waals surface area contributed by atoms with Crippen LogP contribution in [-0.4, -0.2) is 19.1 Å². The summed E-state index contributed by atoms with van der Waals surface area (Å²) in [6.07, 6.45) is 3.57. The van der Waals surface area contributed by atoms with Crippen molar-refractivity contribution in [1.29, 1.82) is 0 Å². The molecule has 2 heterocycles. The van der Waals surface area contributed by atoms with Crippen LogP contribution in [0, 0.1) is 0 Å². The molecule has 0 unspecified atom stereocenters. The van der Waals surface area contributed by atoms with E-state index in [0.29, 0.717) is 15.7 Å². The average Bonchev–Trinajstić information content (AvgIpc) is 2.70. The molecule has 0 bridgehead atoms. The highest BCUT2D eigenvalue weighted by atomic mass is 35.5. The maximum atomic E-state index is 11.3. The van der Waals surface area contributed by atoms with Gasteiger partial charge >= 0.3 is 6.03 Å². The molecule has 5 heteroatoms. The van der Waals surface area contributed by atoms with Gasteiger partial charge < -0.3 is 4.90 Å². The van der Waals surface area contributed by atoms with E-state index in [2.05, 4.69) is 14.9 Å². The van der Waals surface area contributed by atoms with Gasteiger partial charge in [-0.25, -0.2) is 4.79 Å². The Balaban J connectivity index is 2.17. The second kappa shape index (κ2) is 4.11. The van der Waals surface area contributed by atoms with Crippen molar-refractivity contribution in [2.45, 2.75) is 19.3 Å². The van der Waals surface area contributed by atoms with E-state index in [4.69, 9.17) is 11.6 Å². The number of anilines is 1. The molecule has 2 aliphatic heterocycles. The Labute approximate surface area is 104 Å². The summed E-state index contributed by atoms with van der Waals surface area (Å²) in [7, 11) is 0. The van der Waals surface area contributed by atoms with Crippen LogP contribution in [0.15, 0.2) is 22.1 Å². The van der Waals surface area contributed by atoms with E-state index < -0.39 is 6.03 Å². The summed E-state index contributed by atoms with van der Waals surface area (Å²) in [6.45, 7) is 1.94. The van der Waals surface area contributed by atoms with Crippen molar-refractivity contribution in [1.82, 2.24) is 0 Å². The number of hydrogen-bond donors (Lipinski definition) is 0. The van der Waals surface area contributed by atoms with Crippen molar-refractivity contribution >= 4 is 23.3 Å². The first-order chi connectivity index (χ1) is 8.25. The van der Waals surface area contributed by atoms with Crippen LogP contribution in [0.25, 0.3) is 0 Å². The Morgan fingerprint density at radius 1 is 1.12 bits per heavy atom. The Kier molecular flexibility index (Phi) is 2.59. The number of urea groups is 1.